The number of hydrogen-bond acceptors (Lipinski definition) is 3. The molecule has 0 unspecified atom stereocenters. The molecule has 0 spiro atoms. The normalized spacial score (nSPS) is 9.00. The Morgan fingerprint density at radius 1 is 1.43 bits per heavy atom. The van der Waals surface area contributed by atoms with Crippen LogP contribution >= 0.6 is 30.1 Å². The summed E-state index contributed by atoms with van der Waals surface area (Å²) >= 11 is 2.13. The summed E-state index contributed by atoms with van der Waals surface area (Å²) in [4.78, 5) is 0. The third kappa shape index (κ3) is 3.78. The summed E-state index contributed by atoms with van der Waals surface area (Å²) in [5, 5.41) is 2.91. The molecule has 1 aromatic carbocycles. The third-order valence-electron chi connectivity index (χ3n) is 1.44. The zero-order valence-electron chi connectivity index (χ0n) is 7.62. The van der Waals surface area contributed by atoms with Gasteiger partial charge in [-0.15, -0.1) is 0 Å². The molecule has 0 saturated heterocycles. The standard InChI is InChI=1S/C10H9IO2S/c1-12-8-13-10-5-3-2-4-9(10)6-7-14-11/h2-5H,8H2,1H3. The van der Waals surface area contributed by atoms with Crippen molar-refractivity contribution in [2.45, 2.75) is 0 Å². The van der Waals surface area contributed by atoms with E-state index in [1.54, 1.807) is 7.11 Å². The molecule has 0 atom stereocenters. The highest BCUT2D eigenvalue weighted by Crippen LogP contribution is 2.17. The predicted octanol–water partition coefficient (Wildman–Crippen LogP) is 3.06. The second-order valence-corrected chi connectivity index (χ2v) is 4.03. The Bertz CT molecular complexity index is 343. The van der Waals surface area contributed by atoms with Crippen LogP contribution in [0, 0.1) is 11.2 Å². The Kier molecular flexibility index (Phi) is 5.83. The van der Waals surface area contributed by atoms with Gasteiger partial charge in [-0.3, -0.25) is 0 Å². The molecular weight excluding hydrogens is 311 g/mol. The van der Waals surface area contributed by atoms with Crippen molar-refractivity contribution in [3.8, 4) is 16.9 Å². The van der Waals surface area contributed by atoms with Gasteiger partial charge < -0.3 is 9.47 Å². The van der Waals surface area contributed by atoms with E-state index in [2.05, 4.69) is 32.4 Å². The summed E-state index contributed by atoms with van der Waals surface area (Å²) < 4.78 is 10.2. The van der Waals surface area contributed by atoms with E-state index < -0.39 is 0 Å². The molecule has 0 saturated carbocycles. The van der Waals surface area contributed by atoms with Gasteiger partial charge in [0, 0.05) is 28.3 Å². The van der Waals surface area contributed by atoms with Crippen LogP contribution in [0.15, 0.2) is 24.3 Å². The van der Waals surface area contributed by atoms with Crippen LogP contribution in [-0.2, 0) is 4.74 Å². The van der Waals surface area contributed by atoms with Gasteiger partial charge in [0.2, 0.25) is 0 Å². The molecule has 1 aromatic rings. The minimum atomic E-state index is 0.246. The minimum Gasteiger partial charge on any atom is -0.466 e. The van der Waals surface area contributed by atoms with Gasteiger partial charge in [0.05, 0.1) is 5.56 Å². The van der Waals surface area contributed by atoms with Crippen molar-refractivity contribution in [1.82, 2.24) is 0 Å². The van der Waals surface area contributed by atoms with Crippen LogP contribution in [-0.4, -0.2) is 13.9 Å². The second-order valence-electron chi connectivity index (χ2n) is 2.35. The van der Waals surface area contributed by atoms with Crippen molar-refractivity contribution in [2.75, 3.05) is 13.9 Å². The maximum atomic E-state index is 5.35. The molecule has 74 valence electrons. The van der Waals surface area contributed by atoms with E-state index >= 15 is 0 Å². The Morgan fingerprint density at radius 2 is 2.21 bits per heavy atom. The molecule has 0 aliphatic carbocycles. The molecule has 2 nitrogen and oxygen atoms in total. The molecule has 0 bridgehead atoms. The molecule has 1 rings (SSSR count). The summed E-state index contributed by atoms with van der Waals surface area (Å²) in [5.74, 6) is 3.75. The van der Waals surface area contributed by atoms with Gasteiger partial charge in [0.25, 0.3) is 0 Å². The number of para-hydroxylation sites is 1. The van der Waals surface area contributed by atoms with E-state index in [9.17, 15) is 0 Å². The van der Waals surface area contributed by atoms with Gasteiger partial charge in [-0.1, -0.05) is 18.1 Å². The summed E-state index contributed by atoms with van der Waals surface area (Å²) in [7, 11) is 3.04. The van der Waals surface area contributed by atoms with E-state index in [0.29, 0.717) is 0 Å². The number of ether oxygens (including phenoxy) is 2. The number of hydrogen-bond donors (Lipinski definition) is 0. The molecule has 0 aliphatic rings. The zero-order chi connectivity index (χ0) is 10.2. The largest absolute Gasteiger partial charge is 0.466 e. The first-order valence-corrected chi connectivity index (χ1v) is 7.23. The van der Waals surface area contributed by atoms with Crippen LogP contribution in [0.5, 0.6) is 5.75 Å². The predicted molar refractivity (Wildman–Crippen MR) is 67.4 cm³/mol. The van der Waals surface area contributed by atoms with Crippen molar-refractivity contribution >= 4 is 30.1 Å². The van der Waals surface area contributed by atoms with E-state index in [1.807, 2.05) is 24.3 Å². The fourth-order valence-electron chi connectivity index (χ4n) is 0.892. The van der Waals surface area contributed by atoms with Gasteiger partial charge in [-0.05, 0) is 26.3 Å². The van der Waals surface area contributed by atoms with E-state index in [0.717, 1.165) is 11.3 Å². The topological polar surface area (TPSA) is 18.5 Å². The number of halogens is 1. The molecule has 0 heterocycles. The lowest BCUT2D eigenvalue weighted by Gasteiger charge is -2.05. The lowest BCUT2D eigenvalue weighted by molar-refractivity contribution is 0.0509. The maximum Gasteiger partial charge on any atom is 0.188 e. The van der Waals surface area contributed by atoms with Gasteiger partial charge in [0.1, 0.15) is 5.75 Å². The SMILES string of the molecule is COCOc1ccccc1C#CSI. The van der Waals surface area contributed by atoms with Crippen LogP contribution in [0.25, 0.3) is 0 Å². The summed E-state index contributed by atoms with van der Waals surface area (Å²) in [6.07, 6.45) is 0. The highest BCUT2D eigenvalue weighted by atomic mass is 127. The Hall–Kier alpha value is -0.380. The molecule has 14 heavy (non-hydrogen) atoms. The smallest absolute Gasteiger partial charge is 0.188 e. The molecule has 0 N–H and O–H groups in total. The van der Waals surface area contributed by atoms with Gasteiger partial charge in [-0.2, -0.15) is 0 Å². The van der Waals surface area contributed by atoms with Crippen molar-refractivity contribution < 1.29 is 9.47 Å². The molecule has 0 aliphatic heterocycles. The quantitative estimate of drug-likeness (QED) is 0.484. The summed E-state index contributed by atoms with van der Waals surface area (Å²) in [6, 6.07) is 7.64. The number of rotatable bonds is 3. The fourth-order valence-corrected chi connectivity index (χ4v) is 1.37. The molecule has 0 aromatic heterocycles. The highest BCUT2D eigenvalue weighted by molar-refractivity contribution is 14.2. The first-order chi connectivity index (χ1) is 6.88. The second kappa shape index (κ2) is 6.98. The third-order valence-corrected chi connectivity index (χ3v) is 2.28. The molecule has 0 radical (unpaired) electrons. The Morgan fingerprint density at radius 3 is 2.93 bits per heavy atom. The minimum absolute atomic E-state index is 0.246. The van der Waals surface area contributed by atoms with Gasteiger partial charge >= 0.3 is 0 Å². The molecule has 0 fully saturated rings. The van der Waals surface area contributed by atoms with Gasteiger partial charge in [-0.25, -0.2) is 0 Å². The highest BCUT2D eigenvalue weighted by Gasteiger charge is 1.98. The molecule has 4 heteroatoms. The molecule has 0 amide bonds. The Balaban J connectivity index is 2.80. The van der Waals surface area contributed by atoms with Gasteiger partial charge in [0.15, 0.2) is 6.79 Å². The van der Waals surface area contributed by atoms with E-state index in [-0.39, 0.29) is 6.79 Å². The van der Waals surface area contributed by atoms with Crippen molar-refractivity contribution in [2.24, 2.45) is 0 Å². The summed E-state index contributed by atoms with van der Waals surface area (Å²) in [6.45, 7) is 0.246. The average molecular weight is 320 g/mol. The summed E-state index contributed by atoms with van der Waals surface area (Å²) in [5.41, 5.74) is 0.883. The van der Waals surface area contributed by atoms with Crippen molar-refractivity contribution in [3.63, 3.8) is 0 Å². The first-order valence-electron chi connectivity index (χ1n) is 3.88. The lowest BCUT2D eigenvalue weighted by Crippen LogP contribution is -2.00. The monoisotopic (exact) mass is 320 g/mol. The van der Waals surface area contributed by atoms with Crippen molar-refractivity contribution in [1.29, 1.82) is 0 Å². The first kappa shape index (κ1) is 11.7. The maximum absolute atomic E-state index is 5.35. The van der Waals surface area contributed by atoms with E-state index in [4.69, 9.17) is 9.47 Å². The van der Waals surface area contributed by atoms with Crippen LogP contribution in [0.1, 0.15) is 5.56 Å². The number of methoxy groups -OCH3 is 1. The number of benzene rings is 1. The van der Waals surface area contributed by atoms with Crippen LogP contribution < -0.4 is 4.74 Å². The zero-order valence-corrected chi connectivity index (χ0v) is 10.6. The van der Waals surface area contributed by atoms with Crippen LogP contribution in [0.3, 0.4) is 0 Å². The lowest BCUT2D eigenvalue weighted by atomic mass is 10.2. The average Bonchev–Trinajstić information content (AvgIpc) is 2.24. The van der Waals surface area contributed by atoms with Crippen LogP contribution in [0.4, 0.5) is 0 Å². The molecular formula is C10H9IO2S. The fraction of sp³-hybridized carbons (Fsp3) is 0.200. The van der Waals surface area contributed by atoms with Crippen LogP contribution in [0.2, 0.25) is 0 Å². The van der Waals surface area contributed by atoms with E-state index in [1.165, 1.54) is 8.93 Å². The van der Waals surface area contributed by atoms with Crippen molar-refractivity contribution in [3.05, 3.63) is 29.8 Å². The Labute approximate surface area is 99.9 Å².